The van der Waals surface area contributed by atoms with Crippen molar-refractivity contribution in [1.29, 1.82) is 0 Å². The zero-order valence-electron chi connectivity index (χ0n) is 6.95. The van der Waals surface area contributed by atoms with Crippen molar-refractivity contribution < 1.29 is 73.6 Å². The fraction of sp³-hybridized carbons (Fsp3) is 1.00. The van der Waals surface area contributed by atoms with Crippen LogP contribution in [0, 0.1) is 0 Å². The van der Waals surface area contributed by atoms with Crippen LogP contribution in [0.2, 0.25) is 0 Å². The minimum Gasteiger partial charge on any atom is -1.00 e. The zero-order valence-corrected chi connectivity index (χ0v) is 13.2. The molecule has 0 rings (SSSR count). The van der Waals surface area contributed by atoms with Crippen molar-refractivity contribution in [3.8, 4) is 0 Å². The number of rotatable bonds is 3. The molecule has 1 nitrogen and oxygen atoms in total. The van der Waals surface area contributed by atoms with Gasteiger partial charge in [-0.15, -0.1) is 0 Å². The predicted octanol–water partition coefficient (Wildman–Crippen LogP) is -4.64. The van der Waals surface area contributed by atoms with Crippen LogP contribution in [0.25, 0.3) is 0 Å². The Labute approximate surface area is 116 Å². The molecule has 0 aliphatic heterocycles. The van der Waals surface area contributed by atoms with Crippen molar-refractivity contribution in [2.24, 2.45) is 0 Å². The van der Waals surface area contributed by atoms with Gasteiger partial charge in [-0.3, -0.25) is 0 Å². The standard InChI is InChI=1S/C6H15N.Cs.FH/c1-4-7(5-2)6-3;;/h4-6H2,1-3H3;;1H/q;+1;/p-1. The maximum atomic E-state index is 2.38. The predicted molar refractivity (Wildman–Crippen MR) is 33.5 cm³/mol. The van der Waals surface area contributed by atoms with E-state index in [-0.39, 0.29) is 73.6 Å². The SMILES string of the molecule is CCN(CC)CC.[Cs+].[F-]. The number of halogens is 1. The normalized spacial score (nSPS) is 8.00. The van der Waals surface area contributed by atoms with Gasteiger partial charge < -0.3 is 9.60 Å². The summed E-state index contributed by atoms with van der Waals surface area (Å²) in [6.45, 7) is 10.1. The quantitative estimate of drug-likeness (QED) is 0.489. The molecule has 0 unspecified atom stereocenters. The second-order valence-corrected chi connectivity index (χ2v) is 1.62. The summed E-state index contributed by atoms with van der Waals surface area (Å²) in [5, 5.41) is 0. The van der Waals surface area contributed by atoms with Gasteiger partial charge >= 0.3 is 68.9 Å². The summed E-state index contributed by atoms with van der Waals surface area (Å²) >= 11 is 0. The Hall–Kier alpha value is 1.94. The van der Waals surface area contributed by atoms with Gasteiger partial charge in [-0.1, -0.05) is 20.8 Å². The molecular weight excluding hydrogens is 238 g/mol. The molecule has 0 fully saturated rings. The molecule has 0 N–H and O–H groups in total. The molecule has 0 atom stereocenters. The molecule has 0 heterocycles. The van der Waals surface area contributed by atoms with Crippen LogP contribution in [0.4, 0.5) is 0 Å². The topological polar surface area (TPSA) is 3.24 Å². The summed E-state index contributed by atoms with van der Waals surface area (Å²) < 4.78 is 0. The van der Waals surface area contributed by atoms with Crippen molar-refractivity contribution in [2.45, 2.75) is 20.8 Å². The van der Waals surface area contributed by atoms with E-state index < -0.39 is 0 Å². The Kier molecular flexibility index (Phi) is 24.0. The van der Waals surface area contributed by atoms with E-state index in [1.165, 1.54) is 19.6 Å². The molecule has 0 saturated carbocycles. The molecule has 0 spiro atoms. The van der Waals surface area contributed by atoms with Crippen LogP contribution in [-0.2, 0) is 0 Å². The monoisotopic (exact) mass is 253 g/mol. The molecule has 3 heteroatoms. The van der Waals surface area contributed by atoms with E-state index in [0.717, 1.165) is 0 Å². The number of hydrogen-bond acceptors (Lipinski definition) is 1. The van der Waals surface area contributed by atoms with Gasteiger partial charge in [0.25, 0.3) is 0 Å². The van der Waals surface area contributed by atoms with Gasteiger partial charge in [0.05, 0.1) is 0 Å². The van der Waals surface area contributed by atoms with E-state index in [2.05, 4.69) is 25.7 Å². The molecule has 0 aromatic heterocycles. The van der Waals surface area contributed by atoms with Gasteiger partial charge in [-0.25, -0.2) is 0 Å². The fourth-order valence-electron chi connectivity index (χ4n) is 0.671. The molecule has 0 amide bonds. The maximum Gasteiger partial charge on any atom is 1.00 e. The Balaban J connectivity index is -0.000000180. The summed E-state index contributed by atoms with van der Waals surface area (Å²) in [7, 11) is 0. The summed E-state index contributed by atoms with van der Waals surface area (Å²) in [6, 6.07) is 0. The average molecular weight is 253 g/mol. The van der Waals surface area contributed by atoms with E-state index in [1.54, 1.807) is 0 Å². The van der Waals surface area contributed by atoms with E-state index in [4.69, 9.17) is 0 Å². The fourth-order valence-corrected chi connectivity index (χ4v) is 0.671. The van der Waals surface area contributed by atoms with Crippen LogP contribution < -0.4 is 73.6 Å². The minimum absolute atomic E-state index is 0. The molecule has 0 saturated heterocycles. The molecule has 0 aromatic carbocycles. The van der Waals surface area contributed by atoms with E-state index in [0.29, 0.717) is 0 Å². The first-order chi connectivity index (χ1) is 3.35. The van der Waals surface area contributed by atoms with E-state index >= 15 is 0 Å². The molecule has 9 heavy (non-hydrogen) atoms. The van der Waals surface area contributed by atoms with Gasteiger partial charge in [0.15, 0.2) is 0 Å². The molecule has 52 valence electrons. The molecule has 0 aliphatic carbocycles. The summed E-state index contributed by atoms with van der Waals surface area (Å²) in [4.78, 5) is 2.38. The van der Waals surface area contributed by atoms with Crippen molar-refractivity contribution in [3.63, 3.8) is 0 Å². The Bertz CT molecular complexity index is 34.5. The zero-order chi connectivity index (χ0) is 5.70. The summed E-state index contributed by atoms with van der Waals surface area (Å²) in [6.07, 6.45) is 0. The van der Waals surface area contributed by atoms with Gasteiger partial charge in [0.2, 0.25) is 0 Å². The number of nitrogens with zero attached hydrogens (tertiary/aromatic N) is 1. The van der Waals surface area contributed by atoms with Crippen molar-refractivity contribution in [1.82, 2.24) is 4.90 Å². The van der Waals surface area contributed by atoms with Crippen LogP contribution in [0.15, 0.2) is 0 Å². The first-order valence-electron chi connectivity index (χ1n) is 3.07. The Morgan fingerprint density at radius 2 is 1.11 bits per heavy atom. The van der Waals surface area contributed by atoms with Crippen LogP contribution in [0.5, 0.6) is 0 Å². The smallest absolute Gasteiger partial charge is 1.00 e. The van der Waals surface area contributed by atoms with Gasteiger partial charge in [0, 0.05) is 0 Å². The molecule has 0 radical (unpaired) electrons. The summed E-state index contributed by atoms with van der Waals surface area (Å²) in [5.41, 5.74) is 0. The Morgan fingerprint density at radius 3 is 1.11 bits per heavy atom. The number of hydrogen-bond donors (Lipinski definition) is 0. The van der Waals surface area contributed by atoms with Gasteiger partial charge in [0.1, 0.15) is 0 Å². The summed E-state index contributed by atoms with van der Waals surface area (Å²) in [5.74, 6) is 0. The molecule has 0 aliphatic rings. The van der Waals surface area contributed by atoms with Crippen molar-refractivity contribution >= 4 is 0 Å². The second-order valence-electron chi connectivity index (χ2n) is 1.62. The maximum absolute atomic E-state index is 2.38. The molecule has 0 aromatic rings. The second kappa shape index (κ2) is 12.6. The first-order valence-corrected chi connectivity index (χ1v) is 3.07. The average Bonchev–Trinajstić information content (AvgIpc) is 1.72. The molecule has 0 bridgehead atoms. The van der Waals surface area contributed by atoms with E-state index in [1.807, 2.05) is 0 Å². The Morgan fingerprint density at radius 1 is 0.889 bits per heavy atom. The van der Waals surface area contributed by atoms with Crippen LogP contribution in [0.1, 0.15) is 20.8 Å². The minimum atomic E-state index is 0. The third-order valence-corrected chi connectivity index (χ3v) is 1.34. The largest absolute Gasteiger partial charge is 1.00 e. The van der Waals surface area contributed by atoms with Gasteiger partial charge in [-0.05, 0) is 19.6 Å². The van der Waals surface area contributed by atoms with Crippen molar-refractivity contribution in [3.05, 3.63) is 0 Å². The third-order valence-electron chi connectivity index (χ3n) is 1.34. The van der Waals surface area contributed by atoms with Crippen molar-refractivity contribution in [2.75, 3.05) is 19.6 Å². The first kappa shape index (κ1) is 17.1. The third kappa shape index (κ3) is 9.94. The van der Waals surface area contributed by atoms with Crippen LogP contribution in [0.3, 0.4) is 0 Å². The van der Waals surface area contributed by atoms with Crippen LogP contribution in [-0.4, -0.2) is 24.5 Å². The van der Waals surface area contributed by atoms with E-state index in [9.17, 15) is 0 Å². The molecular formula is C6H15CsFN. The van der Waals surface area contributed by atoms with Crippen LogP contribution >= 0.6 is 0 Å². The van der Waals surface area contributed by atoms with Gasteiger partial charge in [-0.2, -0.15) is 0 Å².